The number of aromatic amines is 1. The Morgan fingerprint density at radius 3 is 2.74 bits per heavy atom. The Labute approximate surface area is 165 Å². The fourth-order valence-corrected chi connectivity index (χ4v) is 4.67. The summed E-state index contributed by atoms with van der Waals surface area (Å²) in [6, 6.07) is 12.7. The van der Waals surface area contributed by atoms with Gasteiger partial charge in [0.1, 0.15) is 16.3 Å². The molecule has 0 amide bonds. The molecule has 0 aliphatic rings. The predicted molar refractivity (Wildman–Crippen MR) is 106 cm³/mol. The van der Waals surface area contributed by atoms with Crippen LogP contribution in [0.1, 0.15) is 5.56 Å². The van der Waals surface area contributed by atoms with Gasteiger partial charge in [-0.15, -0.1) is 0 Å². The Bertz CT molecular complexity index is 1250. The topological polar surface area (TPSA) is 50.7 Å². The number of thioether (sulfide) groups is 1. The van der Waals surface area contributed by atoms with E-state index in [9.17, 15) is 13.6 Å². The molecular weight excluding hydrogens is 408 g/mol. The highest BCUT2D eigenvalue weighted by atomic mass is 32.2. The average Bonchev–Trinajstić information content (AvgIpc) is 3.00. The maximum atomic E-state index is 13.8. The number of halogens is 2. The van der Waals surface area contributed by atoms with Crippen LogP contribution in [0, 0.1) is 15.6 Å². The second kappa shape index (κ2) is 7.34. The first-order valence-electron chi connectivity index (χ1n) is 7.81. The van der Waals surface area contributed by atoms with Gasteiger partial charge in [0.15, 0.2) is 14.8 Å². The lowest BCUT2D eigenvalue weighted by atomic mass is 10.2. The predicted octanol–water partition coefficient (Wildman–Crippen LogP) is 5.08. The summed E-state index contributed by atoms with van der Waals surface area (Å²) in [6.45, 7) is 0. The second-order valence-corrected chi connectivity index (χ2v) is 8.20. The number of thiazole rings is 1. The van der Waals surface area contributed by atoms with Gasteiger partial charge in [-0.3, -0.25) is 9.36 Å². The molecule has 0 unspecified atom stereocenters. The van der Waals surface area contributed by atoms with Gasteiger partial charge < -0.3 is 4.98 Å². The molecule has 0 aliphatic heterocycles. The molecule has 1 N–H and O–H groups in total. The highest BCUT2D eigenvalue weighted by Crippen LogP contribution is 2.26. The number of benzene rings is 2. The van der Waals surface area contributed by atoms with Gasteiger partial charge in [0.05, 0.1) is 0 Å². The minimum Gasteiger partial charge on any atom is -0.300 e. The van der Waals surface area contributed by atoms with Crippen molar-refractivity contribution in [2.24, 2.45) is 0 Å². The minimum absolute atomic E-state index is 0.133. The van der Waals surface area contributed by atoms with Gasteiger partial charge >= 0.3 is 0 Å². The summed E-state index contributed by atoms with van der Waals surface area (Å²) in [7, 11) is 0. The molecule has 0 saturated carbocycles. The third-order valence-corrected chi connectivity index (χ3v) is 6.09. The molecule has 4 aromatic rings. The number of aromatic nitrogens is 3. The summed E-state index contributed by atoms with van der Waals surface area (Å²) in [5, 5.41) is 0.314. The number of nitrogens with one attached hydrogen (secondary N) is 1. The lowest BCUT2D eigenvalue weighted by Gasteiger charge is -2.06. The van der Waals surface area contributed by atoms with E-state index in [-0.39, 0.29) is 16.9 Å². The van der Waals surface area contributed by atoms with Gasteiger partial charge in [-0.1, -0.05) is 41.3 Å². The van der Waals surface area contributed by atoms with Gasteiger partial charge in [-0.25, -0.2) is 13.8 Å². The largest absolute Gasteiger partial charge is 0.300 e. The van der Waals surface area contributed by atoms with Crippen LogP contribution in [0.15, 0.2) is 58.5 Å². The van der Waals surface area contributed by atoms with E-state index in [2.05, 4.69) is 9.97 Å². The number of nitrogens with zero attached hydrogens (tertiary/aromatic N) is 2. The molecule has 0 aliphatic carbocycles. The molecule has 4 nitrogen and oxygen atoms in total. The van der Waals surface area contributed by atoms with Gasteiger partial charge in [-0.2, -0.15) is 0 Å². The molecule has 0 bridgehead atoms. The zero-order chi connectivity index (χ0) is 19.0. The summed E-state index contributed by atoms with van der Waals surface area (Å²) < 4.78 is 29.8. The van der Waals surface area contributed by atoms with E-state index >= 15 is 0 Å². The molecule has 2 aromatic heterocycles. The van der Waals surface area contributed by atoms with E-state index in [0.29, 0.717) is 19.5 Å². The molecule has 0 fully saturated rings. The van der Waals surface area contributed by atoms with E-state index in [4.69, 9.17) is 12.2 Å². The SMILES string of the molecule is O=c1[nH]c(SCc2cc(F)ccc2F)nc2c1sc(=S)n2-c1ccccc1. The van der Waals surface area contributed by atoms with Gasteiger partial charge in [-0.05, 0) is 42.5 Å². The highest BCUT2D eigenvalue weighted by molar-refractivity contribution is 7.98. The van der Waals surface area contributed by atoms with E-state index < -0.39 is 11.6 Å². The maximum absolute atomic E-state index is 13.8. The molecule has 0 saturated heterocycles. The van der Waals surface area contributed by atoms with Crippen molar-refractivity contribution in [2.45, 2.75) is 10.9 Å². The fraction of sp³-hybridized carbons (Fsp3) is 0.0556. The molecule has 2 aromatic carbocycles. The average molecular weight is 420 g/mol. The quantitative estimate of drug-likeness (QED) is 0.285. The summed E-state index contributed by atoms with van der Waals surface area (Å²) in [5.74, 6) is -0.886. The Morgan fingerprint density at radius 1 is 1.19 bits per heavy atom. The first kappa shape index (κ1) is 18.0. The smallest absolute Gasteiger partial charge is 0.271 e. The van der Waals surface area contributed by atoms with Crippen molar-refractivity contribution >= 4 is 45.7 Å². The van der Waals surface area contributed by atoms with Crippen LogP contribution >= 0.6 is 35.3 Å². The standard InChI is InChI=1S/C18H11F2N3OS3/c19-11-6-7-13(20)10(8-11)9-26-17-21-15-14(16(24)22-17)27-18(25)23(15)12-4-2-1-3-5-12/h1-8H,9H2,(H,21,22,24). The lowest BCUT2D eigenvalue weighted by Crippen LogP contribution is -2.09. The summed E-state index contributed by atoms with van der Waals surface area (Å²) in [5.41, 5.74) is 1.14. The Morgan fingerprint density at radius 2 is 1.96 bits per heavy atom. The molecule has 0 atom stereocenters. The first-order chi connectivity index (χ1) is 13.0. The molecule has 9 heteroatoms. The third kappa shape index (κ3) is 3.58. The van der Waals surface area contributed by atoms with Crippen molar-refractivity contribution in [2.75, 3.05) is 0 Å². The van der Waals surface area contributed by atoms with Crippen LogP contribution in [-0.2, 0) is 5.75 Å². The fourth-order valence-electron chi connectivity index (χ4n) is 2.57. The van der Waals surface area contributed by atoms with Crippen molar-refractivity contribution in [3.8, 4) is 5.69 Å². The van der Waals surface area contributed by atoms with Crippen LogP contribution in [-0.4, -0.2) is 14.5 Å². The van der Waals surface area contributed by atoms with Crippen LogP contribution in [0.2, 0.25) is 0 Å². The number of hydrogen-bond acceptors (Lipinski definition) is 5. The van der Waals surface area contributed by atoms with E-state index in [1.54, 1.807) is 4.57 Å². The highest BCUT2D eigenvalue weighted by Gasteiger charge is 2.14. The van der Waals surface area contributed by atoms with Crippen LogP contribution in [0.3, 0.4) is 0 Å². The number of H-pyrrole nitrogens is 1. The Kier molecular flexibility index (Phi) is 4.90. The van der Waals surface area contributed by atoms with E-state index in [1.165, 1.54) is 11.3 Å². The third-order valence-electron chi connectivity index (χ3n) is 3.81. The number of para-hydroxylation sites is 1. The van der Waals surface area contributed by atoms with E-state index in [1.807, 2.05) is 30.3 Å². The summed E-state index contributed by atoms with van der Waals surface area (Å²) >= 11 is 7.70. The van der Waals surface area contributed by atoms with Crippen LogP contribution < -0.4 is 5.56 Å². The van der Waals surface area contributed by atoms with Crippen LogP contribution in [0.25, 0.3) is 16.0 Å². The minimum atomic E-state index is -0.514. The molecule has 2 heterocycles. The van der Waals surface area contributed by atoms with Gasteiger partial charge in [0.2, 0.25) is 0 Å². The van der Waals surface area contributed by atoms with Gasteiger partial charge in [0.25, 0.3) is 5.56 Å². The molecule has 0 radical (unpaired) electrons. The maximum Gasteiger partial charge on any atom is 0.271 e. The van der Waals surface area contributed by atoms with E-state index in [0.717, 1.165) is 35.6 Å². The monoisotopic (exact) mass is 419 g/mol. The van der Waals surface area contributed by atoms with Crippen molar-refractivity contribution in [1.29, 1.82) is 0 Å². The Hall–Kier alpha value is -2.36. The molecular formula is C18H11F2N3OS3. The zero-order valence-corrected chi connectivity index (χ0v) is 16.1. The number of hydrogen-bond donors (Lipinski definition) is 1. The van der Waals surface area contributed by atoms with Crippen LogP contribution in [0.4, 0.5) is 8.78 Å². The molecule has 136 valence electrons. The zero-order valence-electron chi connectivity index (χ0n) is 13.6. The Balaban J connectivity index is 1.76. The number of fused-ring (bicyclic) bond motifs is 1. The summed E-state index contributed by atoms with van der Waals surface area (Å²) in [6.07, 6.45) is 0. The summed E-state index contributed by atoms with van der Waals surface area (Å²) in [4.78, 5) is 19.6. The first-order valence-corrected chi connectivity index (χ1v) is 10.0. The van der Waals surface area contributed by atoms with Crippen molar-refractivity contribution < 1.29 is 8.78 Å². The lowest BCUT2D eigenvalue weighted by molar-refractivity contribution is 0.591. The van der Waals surface area contributed by atoms with Crippen LogP contribution in [0.5, 0.6) is 0 Å². The molecule has 0 spiro atoms. The molecule has 4 rings (SSSR count). The number of rotatable bonds is 4. The second-order valence-electron chi connectivity index (χ2n) is 5.59. The molecule has 27 heavy (non-hydrogen) atoms. The van der Waals surface area contributed by atoms with Crippen molar-refractivity contribution in [3.63, 3.8) is 0 Å². The van der Waals surface area contributed by atoms with Gasteiger partial charge in [0, 0.05) is 17.0 Å². The normalized spacial score (nSPS) is 11.2. The van der Waals surface area contributed by atoms with Crippen molar-refractivity contribution in [1.82, 2.24) is 14.5 Å². The van der Waals surface area contributed by atoms with Crippen molar-refractivity contribution in [3.05, 3.63) is 80.0 Å².